The maximum atomic E-state index is 13.8. The van der Waals surface area contributed by atoms with E-state index in [1.807, 2.05) is 13.0 Å². The molecule has 8 bridgehead atoms. The van der Waals surface area contributed by atoms with Gasteiger partial charge in [-0.1, -0.05) is 105 Å². The summed E-state index contributed by atoms with van der Waals surface area (Å²) in [6.45, 7) is 26.9. The lowest BCUT2D eigenvalue weighted by Gasteiger charge is -2.17. The van der Waals surface area contributed by atoms with Crippen LogP contribution in [0.1, 0.15) is 186 Å². The summed E-state index contributed by atoms with van der Waals surface area (Å²) in [5, 5.41) is 5.91. The Kier molecular flexibility index (Phi) is 14.9. The highest BCUT2D eigenvalue weighted by Crippen LogP contribution is 2.45. The van der Waals surface area contributed by atoms with E-state index in [0.717, 1.165) is 103 Å². The van der Waals surface area contributed by atoms with Gasteiger partial charge in [-0.15, -0.1) is 0 Å². The number of esters is 1. The first kappa shape index (κ1) is 45.0. The number of rotatable bonds is 19. The Morgan fingerprint density at radius 2 is 1.52 bits per heavy atom. The maximum absolute atomic E-state index is 13.8. The molecule has 0 unspecified atom stereocenters. The van der Waals surface area contributed by atoms with E-state index in [-0.39, 0.29) is 23.6 Å². The topological polar surface area (TPSA) is 103 Å². The van der Waals surface area contributed by atoms with Crippen LogP contribution in [0, 0.1) is 50.4 Å². The van der Waals surface area contributed by atoms with Crippen molar-refractivity contribution >= 4 is 41.6 Å². The van der Waals surface area contributed by atoms with Gasteiger partial charge >= 0.3 is 5.97 Å². The molecule has 0 amide bonds. The standard InChI is InChI=1S/C53H74N4O3/c1-12-39-35(8)43-28-45-37(10)41(23-24-50(59)60-26-25-34(7)22-16-21-33(6)20-15-19-32(5)18-14-17-31(3)4)52(56-45)42-27-49(58)51-38(11)46(57-53(42)51)30-48-40(13-2)36(9)44(55-48)29-47(39)54-43/h12,25,28-33,37,41,54-57H,1,13-24,26-27H2,2-11H3/b34-25+,44-29-,45-28-,48-30-,52-42-/t32-,33-,37+,41+/m1/s1. The van der Waals surface area contributed by atoms with Crippen molar-refractivity contribution in [2.75, 3.05) is 6.61 Å². The largest absolute Gasteiger partial charge is 0.461 e. The Labute approximate surface area is 360 Å². The molecule has 1 saturated heterocycles. The van der Waals surface area contributed by atoms with Crippen molar-refractivity contribution in [3.05, 3.63) is 96.5 Å². The van der Waals surface area contributed by atoms with Gasteiger partial charge in [0.25, 0.3) is 0 Å². The number of carbonyl (C=O) groups is 2. The van der Waals surface area contributed by atoms with Gasteiger partial charge in [-0.3, -0.25) is 9.59 Å². The Hall–Kier alpha value is -4.52. The van der Waals surface area contributed by atoms with Gasteiger partial charge in [-0.05, 0) is 118 Å². The number of hydrogen-bond acceptors (Lipinski definition) is 4. The monoisotopic (exact) mass is 815 g/mol. The van der Waals surface area contributed by atoms with Crippen LogP contribution in [0.5, 0.6) is 0 Å². The molecule has 4 atom stereocenters. The van der Waals surface area contributed by atoms with E-state index in [1.54, 1.807) is 0 Å². The third-order valence-electron chi connectivity index (χ3n) is 14.0. The number of H-pyrrole nitrogens is 3. The first-order chi connectivity index (χ1) is 28.7. The lowest BCUT2D eigenvalue weighted by molar-refractivity contribution is -0.142. The van der Waals surface area contributed by atoms with E-state index in [2.05, 4.69) is 113 Å². The SMILES string of the molecule is C=Cc1c2[nH]c(c1C)/C=C1\N/C(=C3/CC(=O)c4c3[nH]c(c4C)/C=c3\[nH]/c(c(C)c3CC)=C\2)[C@@H](CCC(=O)OC/C=C(\C)CCC[C@H](C)CCC[C@H](C)CCCC(C)C)[C@@H]1C. The highest BCUT2D eigenvalue weighted by atomic mass is 16.5. The average Bonchev–Trinajstić information content (AvgIpc) is 3.95. The zero-order chi connectivity index (χ0) is 43.2. The van der Waals surface area contributed by atoms with Gasteiger partial charge in [0.05, 0.1) is 5.69 Å². The van der Waals surface area contributed by atoms with Crippen molar-refractivity contribution in [3.8, 4) is 0 Å². The van der Waals surface area contributed by atoms with Crippen LogP contribution in [0.3, 0.4) is 0 Å². The fourth-order valence-corrected chi connectivity index (χ4v) is 10.0. The third kappa shape index (κ3) is 10.1. The van der Waals surface area contributed by atoms with Crippen molar-refractivity contribution in [2.45, 2.75) is 153 Å². The number of carbonyl (C=O) groups excluding carboxylic acids is 2. The summed E-state index contributed by atoms with van der Waals surface area (Å²) in [7, 11) is 0. The highest BCUT2D eigenvalue weighted by Gasteiger charge is 2.40. The van der Waals surface area contributed by atoms with Gasteiger partial charge in [0.2, 0.25) is 0 Å². The van der Waals surface area contributed by atoms with Crippen LogP contribution in [0.2, 0.25) is 0 Å². The van der Waals surface area contributed by atoms with E-state index >= 15 is 0 Å². The minimum Gasteiger partial charge on any atom is -0.461 e. The van der Waals surface area contributed by atoms with E-state index in [4.69, 9.17) is 4.74 Å². The molecular formula is C53H74N4O3. The van der Waals surface area contributed by atoms with Crippen LogP contribution in [-0.4, -0.2) is 33.3 Å². The molecule has 0 aromatic carbocycles. The van der Waals surface area contributed by atoms with Gasteiger partial charge in [-0.2, -0.15) is 0 Å². The molecule has 60 heavy (non-hydrogen) atoms. The van der Waals surface area contributed by atoms with Crippen molar-refractivity contribution in [2.24, 2.45) is 29.6 Å². The van der Waals surface area contributed by atoms with Crippen LogP contribution in [0.25, 0.3) is 29.9 Å². The molecular weight excluding hydrogens is 741 g/mol. The second kappa shape index (κ2) is 19.9. The molecule has 4 N–H and O–H groups in total. The number of hydrogen-bond donors (Lipinski definition) is 4. The predicted molar refractivity (Wildman–Crippen MR) is 251 cm³/mol. The molecule has 1 aliphatic carbocycles. The molecule has 0 radical (unpaired) electrons. The lowest BCUT2D eigenvalue weighted by Crippen LogP contribution is -2.14. The quantitative estimate of drug-likeness (QED) is 0.0715. The Morgan fingerprint density at radius 3 is 2.20 bits per heavy atom. The summed E-state index contributed by atoms with van der Waals surface area (Å²) in [5.41, 5.74) is 14.7. The van der Waals surface area contributed by atoms with E-state index < -0.39 is 0 Å². The molecule has 5 heterocycles. The molecule has 1 fully saturated rings. The molecule has 6 rings (SSSR count). The number of fused-ring (bicyclic) bond motifs is 7. The number of Topliss-reactive ketones (excluding diaryl/α,β-unsaturated/α-hetero) is 1. The molecule has 7 heteroatoms. The smallest absolute Gasteiger partial charge is 0.306 e. The first-order valence-electron chi connectivity index (χ1n) is 23.2. The van der Waals surface area contributed by atoms with Gasteiger partial charge < -0.3 is 25.0 Å². The van der Waals surface area contributed by atoms with Crippen LogP contribution in [-0.2, 0) is 16.0 Å². The number of allylic oxidation sites excluding steroid dienone is 4. The Morgan fingerprint density at radius 1 is 0.850 bits per heavy atom. The molecule has 3 aromatic rings. The van der Waals surface area contributed by atoms with Gasteiger partial charge in [0.1, 0.15) is 6.61 Å². The molecule has 7 nitrogen and oxygen atoms in total. The number of nitrogens with one attached hydrogen (secondary N) is 4. The van der Waals surface area contributed by atoms with Crippen LogP contribution < -0.4 is 16.0 Å². The second-order valence-electron chi connectivity index (χ2n) is 19.0. The van der Waals surface area contributed by atoms with E-state index in [1.165, 1.54) is 68.1 Å². The molecule has 2 aliphatic heterocycles. The average molecular weight is 815 g/mol. The number of aromatic nitrogens is 3. The highest BCUT2D eigenvalue weighted by molar-refractivity contribution is 6.13. The van der Waals surface area contributed by atoms with Crippen molar-refractivity contribution in [1.82, 2.24) is 20.3 Å². The number of aromatic amines is 3. The van der Waals surface area contributed by atoms with Gasteiger partial charge in [0.15, 0.2) is 5.78 Å². The Balaban J connectivity index is 1.14. The molecule has 0 saturated carbocycles. The molecule has 3 aliphatic rings. The fraction of sp³-hybridized carbons (Fsp3) is 0.547. The lowest BCUT2D eigenvalue weighted by atomic mass is 9.86. The number of ether oxygens (including phenoxy) is 1. The zero-order valence-electron chi connectivity index (χ0n) is 38.6. The van der Waals surface area contributed by atoms with Crippen LogP contribution >= 0.6 is 0 Å². The fourth-order valence-electron chi connectivity index (χ4n) is 10.0. The summed E-state index contributed by atoms with van der Waals surface area (Å²) in [6, 6.07) is 0. The minimum absolute atomic E-state index is 0.0108. The van der Waals surface area contributed by atoms with Crippen molar-refractivity contribution < 1.29 is 14.3 Å². The number of ketones is 1. The second-order valence-corrected chi connectivity index (χ2v) is 19.0. The Bertz CT molecular complexity index is 2280. The van der Waals surface area contributed by atoms with Crippen LogP contribution in [0.15, 0.2) is 29.6 Å². The summed E-state index contributed by atoms with van der Waals surface area (Å²) in [4.78, 5) is 38.2. The maximum Gasteiger partial charge on any atom is 0.306 e. The first-order valence-corrected chi connectivity index (χ1v) is 23.2. The van der Waals surface area contributed by atoms with Gasteiger partial charge in [-0.25, -0.2) is 0 Å². The minimum atomic E-state index is -0.183. The van der Waals surface area contributed by atoms with Crippen molar-refractivity contribution in [3.63, 3.8) is 0 Å². The molecule has 0 spiro atoms. The van der Waals surface area contributed by atoms with E-state index in [9.17, 15) is 9.59 Å². The summed E-state index contributed by atoms with van der Waals surface area (Å²) in [5.74, 6) is 2.45. The zero-order valence-corrected chi connectivity index (χ0v) is 38.6. The predicted octanol–water partition coefficient (Wildman–Crippen LogP) is 11.7. The summed E-state index contributed by atoms with van der Waals surface area (Å²) < 4.78 is 5.80. The third-order valence-corrected chi connectivity index (χ3v) is 14.0. The normalized spacial score (nSPS) is 21.6. The van der Waals surface area contributed by atoms with Gasteiger partial charge in [0, 0.05) is 80.6 Å². The van der Waals surface area contributed by atoms with Crippen LogP contribution in [0.4, 0.5) is 0 Å². The van der Waals surface area contributed by atoms with Crippen molar-refractivity contribution in [1.29, 1.82) is 0 Å². The molecule has 3 aromatic heterocycles. The van der Waals surface area contributed by atoms with E-state index in [0.29, 0.717) is 25.9 Å². The molecule has 324 valence electrons. The summed E-state index contributed by atoms with van der Waals surface area (Å²) in [6.07, 6.45) is 24.3. The summed E-state index contributed by atoms with van der Waals surface area (Å²) >= 11 is 0.